The summed E-state index contributed by atoms with van der Waals surface area (Å²) in [5, 5.41) is 0. The van der Waals surface area contributed by atoms with Crippen molar-refractivity contribution in [2.75, 3.05) is 0 Å². The van der Waals surface area contributed by atoms with E-state index >= 15 is 0 Å². The lowest BCUT2D eigenvalue weighted by Gasteiger charge is -2.27. The smallest absolute Gasteiger partial charge is 0.0102 e. The van der Waals surface area contributed by atoms with Crippen molar-refractivity contribution in [2.45, 2.75) is 31.7 Å². The second kappa shape index (κ2) is 2.09. The van der Waals surface area contributed by atoms with Crippen molar-refractivity contribution in [3.63, 3.8) is 0 Å². The summed E-state index contributed by atoms with van der Waals surface area (Å²) >= 11 is 0. The molecule has 2 fully saturated rings. The van der Waals surface area contributed by atoms with E-state index in [0.29, 0.717) is 6.04 Å². The molecule has 2 N–H and O–H groups in total. The molecular formula is C9H15N. The molecule has 2 unspecified atom stereocenters. The molecule has 56 valence electrons. The van der Waals surface area contributed by atoms with Gasteiger partial charge in [-0.3, -0.25) is 0 Å². The number of nitrogens with two attached hydrogens (primary N) is 1. The molecule has 1 heteroatoms. The van der Waals surface area contributed by atoms with E-state index in [1.54, 1.807) is 0 Å². The number of allylic oxidation sites excluding steroid dienone is 1. The van der Waals surface area contributed by atoms with E-state index in [1.807, 2.05) is 0 Å². The SMILES string of the molecule is C=C1CC2CCC(C1)C2N. The molecule has 0 aromatic rings. The van der Waals surface area contributed by atoms with Crippen molar-refractivity contribution < 1.29 is 0 Å². The molecule has 0 heterocycles. The van der Waals surface area contributed by atoms with Crippen LogP contribution >= 0.6 is 0 Å². The van der Waals surface area contributed by atoms with Crippen molar-refractivity contribution >= 4 is 0 Å². The standard InChI is InChI=1S/C9H15N/c1-6-4-7-2-3-8(5-6)9(7)10/h7-9H,1-5,10H2. The third-order valence-electron chi connectivity index (χ3n) is 3.10. The van der Waals surface area contributed by atoms with Crippen LogP contribution in [0.3, 0.4) is 0 Å². The average Bonchev–Trinajstić information content (AvgIpc) is 2.20. The molecular weight excluding hydrogens is 122 g/mol. The second-order valence-electron chi connectivity index (χ2n) is 3.83. The maximum atomic E-state index is 6.01. The quantitative estimate of drug-likeness (QED) is 0.505. The molecule has 2 aliphatic rings. The molecule has 1 nitrogen and oxygen atoms in total. The van der Waals surface area contributed by atoms with E-state index in [0.717, 1.165) is 11.8 Å². The Bertz CT molecular complexity index is 146. The van der Waals surface area contributed by atoms with Crippen LogP contribution in [0.5, 0.6) is 0 Å². The molecule has 0 spiro atoms. The summed E-state index contributed by atoms with van der Waals surface area (Å²) < 4.78 is 0. The minimum absolute atomic E-state index is 0.505. The van der Waals surface area contributed by atoms with Gasteiger partial charge in [0.1, 0.15) is 0 Å². The van der Waals surface area contributed by atoms with Gasteiger partial charge in [-0.15, -0.1) is 0 Å². The lowest BCUT2D eigenvalue weighted by molar-refractivity contribution is 0.358. The lowest BCUT2D eigenvalue weighted by atomic mass is 9.82. The fourth-order valence-electron chi connectivity index (χ4n) is 2.50. The van der Waals surface area contributed by atoms with Crippen molar-refractivity contribution in [2.24, 2.45) is 17.6 Å². The van der Waals surface area contributed by atoms with Gasteiger partial charge in [-0.2, -0.15) is 0 Å². The monoisotopic (exact) mass is 137 g/mol. The highest BCUT2D eigenvalue weighted by atomic mass is 14.7. The van der Waals surface area contributed by atoms with Crippen LogP contribution in [-0.4, -0.2) is 6.04 Å². The maximum absolute atomic E-state index is 6.01. The number of rotatable bonds is 0. The van der Waals surface area contributed by atoms with Crippen LogP contribution in [0.1, 0.15) is 25.7 Å². The molecule has 2 rings (SSSR count). The van der Waals surface area contributed by atoms with Crippen LogP contribution in [0.4, 0.5) is 0 Å². The largest absolute Gasteiger partial charge is 0.327 e. The summed E-state index contributed by atoms with van der Waals surface area (Å²) in [5.74, 6) is 1.57. The first-order valence-corrected chi connectivity index (χ1v) is 4.19. The van der Waals surface area contributed by atoms with Crippen molar-refractivity contribution in [1.29, 1.82) is 0 Å². The van der Waals surface area contributed by atoms with Crippen molar-refractivity contribution in [1.82, 2.24) is 0 Å². The number of fused-ring (bicyclic) bond motifs is 2. The molecule has 0 aromatic heterocycles. The van der Waals surface area contributed by atoms with Gasteiger partial charge in [0.25, 0.3) is 0 Å². The van der Waals surface area contributed by atoms with Crippen LogP contribution in [0, 0.1) is 11.8 Å². The van der Waals surface area contributed by atoms with E-state index < -0.39 is 0 Å². The molecule has 0 radical (unpaired) electrons. The van der Waals surface area contributed by atoms with Gasteiger partial charge in [0.05, 0.1) is 0 Å². The van der Waals surface area contributed by atoms with Gasteiger partial charge in [0.2, 0.25) is 0 Å². The predicted octanol–water partition coefficient (Wildman–Crippen LogP) is 1.69. The normalized spacial score (nSPS) is 46.1. The molecule has 2 bridgehead atoms. The highest BCUT2D eigenvalue weighted by molar-refractivity contribution is 5.09. The molecule has 2 aliphatic carbocycles. The zero-order valence-electron chi connectivity index (χ0n) is 6.34. The fourth-order valence-corrected chi connectivity index (χ4v) is 2.50. The van der Waals surface area contributed by atoms with Gasteiger partial charge in [-0.25, -0.2) is 0 Å². The van der Waals surface area contributed by atoms with Crippen LogP contribution in [0.2, 0.25) is 0 Å². The number of hydrogen-bond donors (Lipinski definition) is 1. The van der Waals surface area contributed by atoms with Crippen LogP contribution in [0.15, 0.2) is 12.2 Å². The van der Waals surface area contributed by atoms with E-state index in [9.17, 15) is 0 Å². The van der Waals surface area contributed by atoms with Gasteiger partial charge >= 0.3 is 0 Å². The Hall–Kier alpha value is -0.300. The summed E-state index contributed by atoms with van der Waals surface area (Å²) in [7, 11) is 0. The third-order valence-corrected chi connectivity index (χ3v) is 3.10. The summed E-state index contributed by atoms with van der Waals surface area (Å²) in [4.78, 5) is 0. The third kappa shape index (κ3) is 0.807. The lowest BCUT2D eigenvalue weighted by Crippen LogP contribution is -2.34. The van der Waals surface area contributed by atoms with E-state index in [4.69, 9.17) is 5.73 Å². The van der Waals surface area contributed by atoms with E-state index in [1.165, 1.54) is 31.3 Å². The summed E-state index contributed by atoms with van der Waals surface area (Å²) in [6.45, 7) is 4.03. The zero-order chi connectivity index (χ0) is 7.14. The Morgan fingerprint density at radius 1 is 1.20 bits per heavy atom. The van der Waals surface area contributed by atoms with Gasteiger partial charge in [0, 0.05) is 6.04 Å². The highest BCUT2D eigenvalue weighted by Crippen LogP contribution is 2.42. The molecule has 0 aliphatic heterocycles. The molecule has 2 atom stereocenters. The van der Waals surface area contributed by atoms with Crippen molar-refractivity contribution in [3.8, 4) is 0 Å². The second-order valence-corrected chi connectivity index (χ2v) is 3.83. The summed E-state index contributed by atoms with van der Waals surface area (Å²) in [6, 6.07) is 0.505. The molecule has 0 amide bonds. The topological polar surface area (TPSA) is 26.0 Å². The molecule has 10 heavy (non-hydrogen) atoms. The Balaban J connectivity index is 2.16. The van der Waals surface area contributed by atoms with Crippen molar-refractivity contribution in [3.05, 3.63) is 12.2 Å². The van der Waals surface area contributed by atoms with Crippen LogP contribution < -0.4 is 5.73 Å². The fraction of sp³-hybridized carbons (Fsp3) is 0.778. The van der Waals surface area contributed by atoms with Gasteiger partial charge in [0.15, 0.2) is 0 Å². The first-order valence-electron chi connectivity index (χ1n) is 4.19. The Morgan fingerprint density at radius 2 is 1.70 bits per heavy atom. The summed E-state index contributed by atoms with van der Waals surface area (Å²) in [5.41, 5.74) is 7.44. The number of hydrogen-bond acceptors (Lipinski definition) is 1. The highest BCUT2D eigenvalue weighted by Gasteiger charge is 2.37. The molecule has 0 aromatic carbocycles. The molecule has 2 saturated carbocycles. The van der Waals surface area contributed by atoms with Gasteiger partial charge < -0.3 is 5.73 Å². The zero-order valence-corrected chi connectivity index (χ0v) is 6.34. The van der Waals surface area contributed by atoms with Crippen LogP contribution in [-0.2, 0) is 0 Å². The minimum atomic E-state index is 0.505. The predicted molar refractivity (Wildman–Crippen MR) is 42.6 cm³/mol. The Labute approximate surface area is 62.3 Å². The van der Waals surface area contributed by atoms with Crippen LogP contribution in [0.25, 0.3) is 0 Å². The first kappa shape index (κ1) is 6.41. The summed E-state index contributed by atoms with van der Waals surface area (Å²) in [6.07, 6.45) is 5.12. The average molecular weight is 137 g/mol. The Morgan fingerprint density at radius 3 is 2.20 bits per heavy atom. The molecule has 0 saturated heterocycles. The van der Waals surface area contributed by atoms with Gasteiger partial charge in [-0.1, -0.05) is 12.2 Å². The first-order chi connectivity index (χ1) is 4.77. The Kier molecular flexibility index (Phi) is 1.34. The van der Waals surface area contributed by atoms with E-state index in [-0.39, 0.29) is 0 Å². The minimum Gasteiger partial charge on any atom is -0.327 e. The maximum Gasteiger partial charge on any atom is 0.0102 e. The van der Waals surface area contributed by atoms with E-state index in [2.05, 4.69) is 6.58 Å². The van der Waals surface area contributed by atoms with Gasteiger partial charge in [-0.05, 0) is 37.5 Å².